The summed E-state index contributed by atoms with van der Waals surface area (Å²) in [6.45, 7) is 1.02. The molecule has 74 valence electrons. The molecule has 0 aliphatic carbocycles. The fraction of sp³-hybridized carbons (Fsp3) is 0.273. The van der Waals surface area contributed by atoms with E-state index in [9.17, 15) is 0 Å². The third kappa shape index (κ3) is 2.11. The highest BCUT2D eigenvalue weighted by Gasteiger charge is 1.96. The van der Waals surface area contributed by atoms with Crippen molar-refractivity contribution in [3.63, 3.8) is 0 Å². The molecule has 14 heavy (non-hydrogen) atoms. The van der Waals surface area contributed by atoms with E-state index in [1.807, 2.05) is 6.20 Å². The van der Waals surface area contributed by atoms with Crippen LogP contribution in [0.1, 0.15) is 5.56 Å². The lowest BCUT2D eigenvalue weighted by molar-refractivity contribution is 0.911. The fourth-order valence-electron chi connectivity index (χ4n) is 1.56. The number of aromatic amines is 1. The van der Waals surface area contributed by atoms with Gasteiger partial charge in [-0.05, 0) is 41.8 Å². The van der Waals surface area contributed by atoms with E-state index in [4.69, 9.17) is 0 Å². The van der Waals surface area contributed by atoms with Gasteiger partial charge in [0.05, 0.1) is 0 Å². The Morgan fingerprint density at radius 3 is 3.14 bits per heavy atom. The second-order valence-electron chi connectivity index (χ2n) is 3.25. The summed E-state index contributed by atoms with van der Waals surface area (Å²) in [5, 5.41) is 1.30. The molecule has 1 aromatic heterocycles. The second kappa shape index (κ2) is 4.53. The highest BCUT2D eigenvalue weighted by molar-refractivity contribution is 7.96. The molecule has 3 heteroatoms. The van der Waals surface area contributed by atoms with Crippen LogP contribution in [0.3, 0.4) is 0 Å². The fourth-order valence-corrected chi connectivity index (χ4v) is 1.86. The normalized spacial score (nSPS) is 10.9. The van der Waals surface area contributed by atoms with Gasteiger partial charge >= 0.3 is 0 Å². The molecule has 0 saturated carbocycles. The molecule has 2 aromatic rings. The molecule has 2 rings (SSSR count). The van der Waals surface area contributed by atoms with E-state index < -0.39 is 0 Å². The third-order valence-electron chi connectivity index (χ3n) is 2.28. The van der Waals surface area contributed by atoms with Crippen LogP contribution in [0, 0.1) is 0 Å². The quantitative estimate of drug-likeness (QED) is 0.594. The van der Waals surface area contributed by atoms with E-state index in [-0.39, 0.29) is 0 Å². The van der Waals surface area contributed by atoms with Crippen molar-refractivity contribution >= 4 is 22.9 Å². The number of aromatic nitrogens is 1. The predicted octanol–water partition coefficient (Wildman–Crippen LogP) is 2.58. The van der Waals surface area contributed by atoms with Crippen LogP contribution in [0.2, 0.25) is 0 Å². The number of H-pyrrole nitrogens is 1. The van der Waals surface area contributed by atoms with E-state index in [1.54, 1.807) is 11.9 Å². The van der Waals surface area contributed by atoms with Crippen LogP contribution in [-0.4, -0.2) is 17.8 Å². The monoisotopic (exact) mass is 206 g/mol. The Kier molecular flexibility index (Phi) is 3.11. The lowest BCUT2D eigenvalue weighted by atomic mass is 10.1. The van der Waals surface area contributed by atoms with Crippen LogP contribution < -0.4 is 4.72 Å². The Bertz CT molecular complexity index is 408. The van der Waals surface area contributed by atoms with E-state index in [0.29, 0.717) is 0 Å². The lowest BCUT2D eigenvalue weighted by Crippen LogP contribution is -2.07. The van der Waals surface area contributed by atoms with Crippen molar-refractivity contribution in [2.45, 2.75) is 6.42 Å². The minimum absolute atomic E-state index is 1.02. The minimum atomic E-state index is 1.02. The molecular weight excluding hydrogens is 192 g/mol. The Hall–Kier alpha value is -0.930. The summed E-state index contributed by atoms with van der Waals surface area (Å²) in [6, 6.07) is 8.68. The Balaban J connectivity index is 2.10. The first-order valence-corrected chi connectivity index (χ1v) is 5.94. The molecule has 2 N–H and O–H groups in total. The summed E-state index contributed by atoms with van der Waals surface area (Å²) in [7, 11) is 0. The molecule has 1 aromatic carbocycles. The zero-order valence-corrected chi connectivity index (χ0v) is 9.03. The standard InChI is InChI=1S/C11H14N2S/c1-14-13-7-4-9-2-3-11-10(8-9)5-6-12-11/h2-3,5-6,8,12-13H,4,7H2,1H3. The first kappa shape index (κ1) is 9.62. The summed E-state index contributed by atoms with van der Waals surface area (Å²) >= 11 is 1.67. The molecular formula is C11H14N2S. The smallest absolute Gasteiger partial charge is 0.0454 e. The summed E-state index contributed by atoms with van der Waals surface area (Å²) in [5.74, 6) is 0. The van der Waals surface area contributed by atoms with Gasteiger partial charge in [0.25, 0.3) is 0 Å². The molecule has 2 nitrogen and oxygen atoms in total. The molecule has 0 saturated heterocycles. The van der Waals surface area contributed by atoms with Gasteiger partial charge < -0.3 is 4.98 Å². The van der Waals surface area contributed by atoms with Crippen LogP contribution in [0.15, 0.2) is 30.5 Å². The average Bonchev–Trinajstić information content (AvgIpc) is 2.65. The van der Waals surface area contributed by atoms with E-state index >= 15 is 0 Å². The van der Waals surface area contributed by atoms with Crippen molar-refractivity contribution in [3.8, 4) is 0 Å². The van der Waals surface area contributed by atoms with Gasteiger partial charge in [-0.15, -0.1) is 0 Å². The molecule has 0 fully saturated rings. The predicted molar refractivity (Wildman–Crippen MR) is 63.5 cm³/mol. The Morgan fingerprint density at radius 1 is 1.36 bits per heavy atom. The van der Waals surface area contributed by atoms with E-state index in [2.05, 4.69) is 40.2 Å². The van der Waals surface area contributed by atoms with Crippen molar-refractivity contribution in [2.75, 3.05) is 12.8 Å². The number of nitrogens with one attached hydrogen (secondary N) is 2. The summed E-state index contributed by atoms with van der Waals surface area (Å²) in [6.07, 6.45) is 5.12. The van der Waals surface area contributed by atoms with Crippen LogP contribution >= 0.6 is 11.9 Å². The van der Waals surface area contributed by atoms with Crippen molar-refractivity contribution in [3.05, 3.63) is 36.0 Å². The number of benzene rings is 1. The molecule has 0 bridgehead atoms. The van der Waals surface area contributed by atoms with Crippen molar-refractivity contribution < 1.29 is 0 Å². The van der Waals surface area contributed by atoms with E-state index in [1.165, 1.54) is 16.5 Å². The van der Waals surface area contributed by atoms with Gasteiger partial charge in [-0.25, -0.2) is 0 Å². The molecule has 0 aliphatic heterocycles. The van der Waals surface area contributed by atoms with Crippen LogP contribution in [-0.2, 0) is 6.42 Å². The number of rotatable bonds is 4. The maximum Gasteiger partial charge on any atom is 0.0454 e. The first-order valence-electron chi connectivity index (χ1n) is 4.72. The van der Waals surface area contributed by atoms with Gasteiger partial charge in [-0.1, -0.05) is 18.0 Å². The van der Waals surface area contributed by atoms with Crippen LogP contribution in [0.4, 0.5) is 0 Å². The van der Waals surface area contributed by atoms with Crippen LogP contribution in [0.5, 0.6) is 0 Å². The molecule has 0 unspecified atom stereocenters. The molecule has 0 spiro atoms. The zero-order chi connectivity index (χ0) is 9.80. The van der Waals surface area contributed by atoms with Gasteiger partial charge in [0.1, 0.15) is 0 Å². The third-order valence-corrected chi connectivity index (χ3v) is 2.77. The maximum absolute atomic E-state index is 3.25. The number of hydrogen-bond acceptors (Lipinski definition) is 2. The van der Waals surface area contributed by atoms with Gasteiger partial charge in [-0.3, -0.25) is 4.72 Å². The summed E-state index contributed by atoms with van der Waals surface area (Å²) < 4.78 is 3.25. The largest absolute Gasteiger partial charge is 0.361 e. The molecule has 0 atom stereocenters. The second-order valence-corrected chi connectivity index (χ2v) is 3.94. The van der Waals surface area contributed by atoms with Gasteiger partial charge in [0.2, 0.25) is 0 Å². The van der Waals surface area contributed by atoms with Gasteiger partial charge in [0.15, 0.2) is 0 Å². The first-order chi connectivity index (χ1) is 6.90. The average molecular weight is 206 g/mol. The molecule has 0 amide bonds. The molecule has 1 heterocycles. The topological polar surface area (TPSA) is 27.8 Å². The van der Waals surface area contributed by atoms with E-state index in [0.717, 1.165) is 13.0 Å². The highest BCUT2D eigenvalue weighted by atomic mass is 32.2. The lowest BCUT2D eigenvalue weighted by Gasteiger charge is -2.01. The SMILES string of the molecule is CSNCCc1ccc2[nH]ccc2c1. The minimum Gasteiger partial charge on any atom is -0.361 e. The molecule has 0 radical (unpaired) electrons. The van der Waals surface area contributed by atoms with Gasteiger partial charge in [-0.2, -0.15) is 0 Å². The summed E-state index contributed by atoms with van der Waals surface area (Å²) in [4.78, 5) is 3.19. The molecule has 0 aliphatic rings. The summed E-state index contributed by atoms with van der Waals surface area (Å²) in [5.41, 5.74) is 2.60. The van der Waals surface area contributed by atoms with Crippen molar-refractivity contribution in [2.24, 2.45) is 0 Å². The van der Waals surface area contributed by atoms with Gasteiger partial charge in [0, 0.05) is 18.3 Å². The van der Waals surface area contributed by atoms with Crippen LogP contribution in [0.25, 0.3) is 10.9 Å². The number of fused-ring (bicyclic) bond motifs is 1. The Morgan fingerprint density at radius 2 is 2.29 bits per heavy atom. The van der Waals surface area contributed by atoms with Crippen molar-refractivity contribution in [1.29, 1.82) is 0 Å². The van der Waals surface area contributed by atoms with Crippen molar-refractivity contribution in [1.82, 2.24) is 9.71 Å². The maximum atomic E-state index is 3.25. The highest BCUT2D eigenvalue weighted by Crippen LogP contribution is 2.14. The zero-order valence-electron chi connectivity index (χ0n) is 8.21. The Labute approximate surface area is 88.2 Å². The number of hydrogen-bond donors (Lipinski definition) is 2.